The van der Waals surface area contributed by atoms with Gasteiger partial charge in [-0.2, -0.15) is 0 Å². The Balaban J connectivity index is 3.01. The number of carbonyl (C=O) groups is 1. The van der Waals surface area contributed by atoms with E-state index in [4.69, 9.17) is 5.73 Å². The van der Waals surface area contributed by atoms with E-state index < -0.39 is 0 Å². The van der Waals surface area contributed by atoms with E-state index in [0.29, 0.717) is 6.42 Å². The maximum atomic E-state index is 10.1. The molecular formula is C6H12N2O. The van der Waals surface area contributed by atoms with Gasteiger partial charge in [0, 0.05) is 13.5 Å². The first-order valence-electron chi connectivity index (χ1n) is 2.96. The fraction of sp³-hybridized carbons (Fsp3) is 0.667. The van der Waals surface area contributed by atoms with Gasteiger partial charge in [-0.05, 0) is 19.1 Å². The van der Waals surface area contributed by atoms with Crippen LogP contribution in [-0.2, 0) is 4.79 Å². The van der Waals surface area contributed by atoms with Gasteiger partial charge in [-0.3, -0.25) is 4.79 Å². The van der Waals surface area contributed by atoms with E-state index in [0.717, 1.165) is 12.8 Å². The molecule has 9 heavy (non-hydrogen) atoms. The van der Waals surface area contributed by atoms with E-state index in [1.165, 1.54) is 0 Å². The van der Waals surface area contributed by atoms with E-state index in [1.807, 2.05) is 0 Å². The summed E-state index contributed by atoms with van der Waals surface area (Å²) < 4.78 is 0. The number of nitrogens with zero attached hydrogens (tertiary/aromatic N) is 1. The van der Waals surface area contributed by atoms with Crippen molar-refractivity contribution < 1.29 is 4.79 Å². The van der Waals surface area contributed by atoms with Gasteiger partial charge < -0.3 is 10.7 Å². The molecule has 0 atom stereocenters. The molecule has 0 aliphatic carbocycles. The quantitative estimate of drug-likeness (QED) is 0.431. The molecule has 0 spiro atoms. The zero-order valence-corrected chi connectivity index (χ0v) is 5.63. The molecule has 52 valence electrons. The lowest BCUT2D eigenvalue weighted by Crippen LogP contribution is -2.09. The second kappa shape index (κ2) is 5.28. The van der Waals surface area contributed by atoms with Crippen LogP contribution in [-0.4, -0.2) is 19.2 Å². The van der Waals surface area contributed by atoms with E-state index >= 15 is 0 Å². The Hall–Kier alpha value is -0.860. The van der Waals surface area contributed by atoms with Crippen molar-refractivity contribution in [3.63, 3.8) is 0 Å². The van der Waals surface area contributed by atoms with Gasteiger partial charge >= 0.3 is 0 Å². The lowest BCUT2D eigenvalue weighted by molar-refractivity contribution is -0.118. The third kappa shape index (κ3) is 7.14. The summed E-state index contributed by atoms with van der Waals surface area (Å²) >= 11 is 0. The number of hydrogen-bond acceptors (Lipinski definition) is 2. The summed E-state index contributed by atoms with van der Waals surface area (Å²) in [4.78, 5) is 13.9. The normalized spacial score (nSPS) is 10.3. The van der Waals surface area contributed by atoms with Crippen LogP contribution in [0.3, 0.4) is 0 Å². The molecule has 0 aliphatic heterocycles. The van der Waals surface area contributed by atoms with Crippen LogP contribution in [0.5, 0.6) is 0 Å². The van der Waals surface area contributed by atoms with Crippen LogP contribution in [0.4, 0.5) is 0 Å². The van der Waals surface area contributed by atoms with Crippen LogP contribution in [0.15, 0.2) is 4.99 Å². The number of unbranched alkanes of at least 4 members (excludes halogenated alkanes) is 1. The average Bonchev–Trinajstić information content (AvgIpc) is 1.80. The lowest BCUT2D eigenvalue weighted by Gasteiger charge is -1.88. The highest BCUT2D eigenvalue weighted by Gasteiger charge is 1.90. The summed E-state index contributed by atoms with van der Waals surface area (Å²) in [5.74, 6) is -0.237. The number of carbonyl (C=O) groups excluding carboxylic acids is 1. The third-order valence-corrected chi connectivity index (χ3v) is 0.939. The van der Waals surface area contributed by atoms with Gasteiger partial charge in [0.15, 0.2) is 0 Å². The first-order chi connectivity index (χ1) is 4.27. The first-order valence-corrected chi connectivity index (χ1v) is 2.96. The van der Waals surface area contributed by atoms with Crippen molar-refractivity contribution >= 4 is 12.1 Å². The second-order valence-corrected chi connectivity index (χ2v) is 1.80. The maximum absolute atomic E-state index is 10.1. The Labute approximate surface area is 55.0 Å². The van der Waals surface area contributed by atoms with Gasteiger partial charge in [-0.1, -0.05) is 0 Å². The second-order valence-electron chi connectivity index (χ2n) is 1.80. The summed E-state index contributed by atoms with van der Waals surface area (Å²) in [5, 5.41) is 0. The highest BCUT2D eigenvalue weighted by Crippen LogP contribution is 1.89. The van der Waals surface area contributed by atoms with Crippen molar-refractivity contribution in [2.75, 3.05) is 7.05 Å². The lowest BCUT2D eigenvalue weighted by atomic mass is 10.2. The maximum Gasteiger partial charge on any atom is 0.217 e. The van der Waals surface area contributed by atoms with Crippen molar-refractivity contribution in [2.45, 2.75) is 19.3 Å². The molecule has 0 aliphatic rings. The zero-order chi connectivity index (χ0) is 7.11. The molecule has 3 heteroatoms. The van der Waals surface area contributed by atoms with E-state index in [-0.39, 0.29) is 5.91 Å². The number of amides is 1. The molecule has 2 N–H and O–H groups in total. The molecule has 0 aromatic rings. The molecule has 3 nitrogen and oxygen atoms in total. The Morgan fingerprint density at radius 1 is 1.78 bits per heavy atom. The molecule has 0 aromatic carbocycles. The van der Waals surface area contributed by atoms with Crippen LogP contribution in [0.1, 0.15) is 19.3 Å². The molecule has 0 rings (SSSR count). The standard InChI is InChI=1S/C6H12N2O/c1-8-5-3-2-4-6(7)9/h5H,2-4H2,1H3,(H2,7,9)/b8-5+. The van der Waals surface area contributed by atoms with Gasteiger partial charge in [-0.25, -0.2) is 0 Å². The largest absolute Gasteiger partial charge is 0.370 e. The van der Waals surface area contributed by atoms with Crippen LogP contribution in [0.2, 0.25) is 0 Å². The minimum atomic E-state index is -0.237. The van der Waals surface area contributed by atoms with Crippen LogP contribution in [0.25, 0.3) is 0 Å². The zero-order valence-electron chi connectivity index (χ0n) is 5.63. The predicted octanol–water partition coefficient (Wildman–Crippen LogP) is 0.343. The number of rotatable bonds is 4. The molecule has 0 radical (unpaired) electrons. The van der Waals surface area contributed by atoms with Gasteiger partial charge in [0.1, 0.15) is 0 Å². The average molecular weight is 128 g/mol. The highest BCUT2D eigenvalue weighted by molar-refractivity contribution is 5.74. The van der Waals surface area contributed by atoms with Gasteiger partial charge in [0.25, 0.3) is 0 Å². The number of aliphatic imine (C=N–C) groups is 1. The van der Waals surface area contributed by atoms with Crippen molar-refractivity contribution in [2.24, 2.45) is 10.7 Å². The number of hydrogen-bond donors (Lipinski definition) is 1. The van der Waals surface area contributed by atoms with Crippen LogP contribution in [0, 0.1) is 0 Å². The first kappa shape index (κ1) is 8.14. The molecule has 0 fully saturated rings. The van der Waals surface area contributed by atoms with Crippen LogP contribution < -0.4 is 5.73 Å². The Morgan fingerprint density at radius 3 is 2.89 bits per heavy atom. The fourth-order valence-corrected chi connectivity index (χ4v) is 0.497. The van der Waals surface area contributed by atoms with Crippen molar-refractivity contribution in [3.8, 4) is 0 Å². The molecule has 0 unspecified atom stereocenters. The Morgan fingerprint density at radius 2 is 2.44 bits per heavy atom. The highest BCUT2D eigenvalue weighted by atomic mass is 16.1. The van der Waals surface area contributed by atoms with Crippen LogP contribution >= 0.6 is 0 Å². The molecular weight excluding hydrogens is 116 g/mol. The smallest absolute Gasteiger partial charge is 0.217 e. The molecule has 0 heterocycles. The molecule has 0 saturated carbocycles. The van der Waals surface area contributed by atoms with Gasteiger partial charge in [0.2, 0.25) is 5.91 Å². The summed E-state index contributed by atoms with van der Waals surface area (Å²) in [6, 6.07) is 0. The number of primary amides is 1. The molecule has 1 amide bonds. The molecule has 0 bridgehead atoms. The topological polar surface area (TPSA) is 55.4 Å². The van der Waals surface area contributed by atoms with E-state index in [9.17, 15) is 4.79 Å². The van der Waals surface area contributed by atoms with E-state index in [2.05, 4.69) is 4.99 Å². The van der Waals surface area contributed by atoms with Gasteiger partial charge in [0.05, 0.1) is 0 Å². The Kier molecular flexibility index (Phi) is 4.78. The molecule has 0 saturated heterocycles. The fourth-order valence-electron chi connectivity index (χ4n) is 0.497. The van der Waals surface area contributed by atoms with Crippen molar-refractivity contribution in [1.29, 1.82) is 0 Å². The van der Waals surface area contributed by atoms with Crippen molar-refractivity contribution in [3.05, 3.63) is 0 Å². The van der Waals surface area contributed by atoms with Crippen molar-refractivity contribution in [1.82, 2.24) is 0 Å². The third-order valence-electron chi connectivity index (χ3n) is 0.939. The minimum absolute atomic E-state index is 0.237. The molecule has 0 aromatic heterocycles. The SMILES string of the molecule is C/N=C/CCCC(N)=O. The summed E-state index contributed by atoms with van der Waals surface area (Å²) in [5.41, 5.74) is 4.89. The summed E-state index contributed by atoms with van der Waals surface area (Å²) in [6.07, 6.45) is 3.90. The van der Waals surface area contributed by atoms with Gasteiger partial charge in [-0.15, -0.1) is 0 Å². The summed E-state index contributed by atoms with van der Waals surface area (Å²) in [7, 11) is 1.71. The predicted molar refractivity (Wildman–Crippen MR) is 37.5 cm³/mol. The number of nitrogens with two attached hydrogens (primary N) is 1. The summed E-state index contributed by atoms with van der Waals surface area (Å²) in [6.45, 7) is 0. The Bertz CT molecular complexity index is 110. The minimum Gasteiger partial charge on any atom is -0.370 e. The van der Waals surface area contributed by atoms with E-state index in [1.54, 1.807) is 13.3 Å². The monoisotopic (exact) mass is 128 g/mol.